The third-order valence-corrected chi connectivity index (χ3v) is 5.59. The molecule has 1 aliphatic rings. The molecule has 1 aliphatic heterocycles. The Morgan fingerprint density at radius 1 is 1.20 bits per heavy atom. The predicted octanol–water partition coefficient (Wildman–Crippen LogP) is 3.68. The Hall–Kier alpha value is -2.29. The van der Waals surface area contributed by atoms with Crippen LogP contribution in [0.4, 0.5) is 17.6 Å². The topological polar surface area (TPSA) is 55.5 Å². The van der Waals surface area contributed by atoms with Crippen LogP contribution in [-0.4, -0.2) is 61.8 Å². The van der Waals surface area contributed by atoms with Crippen LogP contribution >= 0.6 is 0 Å². The fourth-order valence-corrected chi connectivity index (χ4v) is 3.98. The number of likely N-dealkylation sites (tertiary alicyclic amines) is 1. The molecule has 166 valence electrons. The number of hydrogen-bond donors (Lipinski definition) is 3. The number of nitrogens with one attached hydrogen (secondary N) is 3. The maximum absolute atomic E-state index is 13.5. The van der Waals surface area contributed by atoms with Crippen LogP contribution in [-0.2, 0) is 6.42 Å². The molecule has 0 bridgehead atoms. The molecule has 0 amide bonds. The average molecular weight is 427 g/mol. The van der Waals surface area contributed by atoms with E-state index < -0.39 is 12.7 Å². The Kier molecular flexibility index (Phi) is 7.58. The van der Waals surface area contributed by atoms with Gasteiger partial charge in [0.1, 0.15) is 5.82 Å². The summed E-state index contributed by atoms with van der Waals surface area (Å²) in [4.78, 5) is 8.85. The molecular weight excluding hydrogens is 398 g/mol. The maximum atomic E-state index is 13.5. The van der Waals surface area contributed by atoms with E-state index >= 15 is 0 Å². The van der Waals surface area contributed by atoms with Crippen LogP contribution in [0.5, 0.6) is 0 Å². The fraction of sp³-hybridized carbons (Fsp3) is 0.571. The summed E-state index contributed by atoms with van der Waals surface area (Å²) in [6.45, 7) is 1.57. The smallest absolute Gasteiger partial charge is 0.361 e. The van der Waals surface area contributed by atoms with Gasteiger partial charge in [0.15, 0.2) is 5.96 Å². The summed E-state index contributed by atoms with van der Waals surface area (Å²) in [5.41, 5.74) is 1.95. The second-order valence-corrected chi connectivity index (χ2v) is 7.80. The lowest BCUT2D eigenvalue weighted by Crippen LogP contribution is -2.42. The van der Waals surface area contributed by atoms with Crippen LogP contribution in [0.3, 0.4) is 0 Å². The van der Waals surface area contributed by atoms with E-state index in [1.807, 2.05) is 6.20 Å². The summed E-state index contributed by atoms with van der Waals surface area (Å²) in [6, 6.07) is 4.71. The van der Waals surface area contributed by atoms with Gasteiger partial charge in [0.05, 0.1) is 6.54 Å². The van der Waals surface area contributed by atoms with Crippen LogP contribution in [0.2, 0.25) is 0 Å². The first-order valence-corrected chi connectivity index (χ1v) is 10.3. The predicted molar refractivity (Wildman–Crippen MR) is 111 cm³/mol. The average Bonchev–Trinajstić information content (AvgIpc) is 3.09. The van der Waals surface area contributed by atoms with Gasteiger partial charge in [0, 0.05) is 37.2 Å². The molecule has 30 heavy (non-hydrogen) atoms. The maximum Gasteiger partial charge on any atom is 0.401 e. The van der Waals surface area contributed by atoms with Crippen LogP contribution < -0.4 is 10.6 Å². The van der Waals surface area contributed by atoms with Crippen molar-refractivity contribution in [2.24, 2.45) is 10.9 Å². The fourth-order valence-electron chi connectivity index (χ4n) is 3.98. The normalized spacial score (nSPS) is 16.9. The summed E-state index contributed by atoms with van der Waals surface area (Å²) in [6.07, 6.45) is 0.993. The van der Waals surface area contributed by atoms with Crippen molar-refractivity contribution in [3.63, 3.8) is 0 Å². The van der Waals surface area contributed by atoms with Crippen molar-refractivity contribution in [3.05, 3.63) is 35.8 Å². The second kappa shape index (κ2) is 10.1. The molecular formula is C21H29F4N5. The Labute approximate surface area is 173 Å². The van der Waals surface area contributed by atoms with Crippen molar-refractivity contribution in [2.45, 2.75) is 31.9 Å². The number of rotatable bonds is 7. The van der Waals surface area contributed by atoms with Crippen molar-refractivity contribution in [2.75, 3.05) is 39.8 Å². The molecule has 3 N–H and O–H groups in total. The van der Waals surface area contributed by atoms with Gasteiger partial charge in [-0.25, -0.2) is 4.39 Å². The summed E-state index contributed by atoms with van der Waals surface area (Å²) in [5.74, 6) is 0.870. The molecule has 1 saturated heterocycles. The Morgan fingerprint density at radius 2 is 1.93 bits per heavy atom. The van der Waals surface area contributed by atoms with Crippen LogP contribution in [0.15, 0.2) is 29.4 Å². The van der Waals surface area contributed by atoms with Gasteiger partial charge in [-0.3, -0.25) is 9.89 Å². The summed E-state index contributed by atoms with van der Waals surface area (Å²) >= 11 is 0. The Morgan fingerprint density at radius 3 is 2.63 bits per heavy atom. The number of aromatic amines is 1. The number of fused-ring (bicyclic) bond motifs is 1. The lowest BCUT2D eigenvalue weighted by molar-refractivity contribution is -0.148. The largest absolute Gasteiger partial charge is 0.401 e. The number of aliphatic imine (C=N–C) groups is 1. The van der Waals surface area contributed by atoms with Crippen LogP contribution in [0.25, 0.3) is 10.9 Å². The zero-order chi connectivity index (χ0) is 21.6. The molecule has 0 aliphatic carbocycles. The number of nitrogens with zero attached hydrogens (tertiary/aromatic N) is 2. The van der Waals surface area contributed by atoms with Crippen LogP contribution in [0, 0.1) is 11.7 Å². The highest BCUT2D eigenvalue weighted by Gasteiger charge is 2.32. The van der Waals surface area contributed by atoms with E-state index in [-0.39, 0.29) is 5.82 Å². The number of hydrogen-bond acceptors (Lipinski definition) is 2. The number of aromatic nitrogens is 1. The van der Waals surface area contributed by atoms with Gasteiger partial charge in [-0.05, 0) is 68.5 Å². The highest BCUT2D eigenvalue weighted by atomic mass is 19.4. The molecule has 2 aromatic rings. The number of piperidine rings is 1. The zero-order valence-electron chi connectivity index (χ0n) is 17.2. The minimum atomic E-state index is -4.12. The SMILES string of the molecule is CN=C(NCCc1c[nH]c2ccc(F)cc12)NCCC1CCN(CC(F)(F)F)CC1. The Bertz CT molecular complexity index is 838. The van der Waals surface area contributed by atoms with Crippen molar-refractivity contribution in [1.82, 2.24) is 20.5 Å². The van der Waals surface area contributed by atoms with Gasteiger partial charge in [-0.15, -0.1) is 0 Å². The summed E-state index contributed by atoms with van der Waals surface area (Å²) in [5, 5.41) is 7.41. The number of halogens is 4. The van der Waals surface area contributed by atoms with Gasteiger partial charge < -0.3 is 15.6 Å². The third kappa shape index (κ3) is 6.62. The summed E-state index contributed by atoms with van der Waals surface area (Å²) < 4.78 is 50.9. The van der Waals surface area contributed by atoms with Crippen molar-refractivity contribution >= 4 is 16.9 Å². The van der Waals surface area contributed by atoms with Gasteiger partial charge in [-0.1, -0.05) is 0 Å². The minimum absolute atomic E-state index is 0.252. The number of benzene rings is 1. The minimum Gasteiger partial charge on any atom is -0.361 e. The number of alkyl halides is 3. The quantitative estimate of drug-likeness (QED) is 0.359. The van der Waals surface area contributed by atoms with E-state index in [1.54, 1.807) is 13.1 Å². The van der Waals surface area contributed by atoms with E-state index in [2.05, 4.69) is 20.6 Å². The zero-order valence-corrected chi connectivity index (χ0v) is 17.2. The molecule has 1 fully saturated rings. The molecule has 2 heterocycles. The standard InChI is InChI=1S/C21H29F4N5/c1-26-20(27-8-4-15-6-10-30(11-7-15)14-21(23,24)25)28-9-5-16-13-29-19-3-2-17(22)12-18(16)19/h2-3,12-13,15,29H,4-11,14H2,1H3,(H2,26,27,28). The lowest BCUT2D eigenvalue weighted by atomic mass is 9.93. The van der Waals surface area contributed by atoms with Gasteiger partial charge in [0.2, 0.25) is 0 Å². The molecule has 0 unspecified atom stereocenters. The highest BCUT2D eigenvalue weighted by Crippen LogP contribution is 2.24. The van der Waals surface area contributed by atoms with E-state index in [4.69, 9.17) is 0 Å². The first kappa shape index (κ1) is 22.4. The van der Waals surface area contributed by atoms with Crippen molar-refractivity contribution in [1.29, 1.82) is 0 Å². The summed E-state index contributed by atoms with van der Waals surface area (Å²) in [7, 11) is 1.70. The van der Waals surface area contributed by atoms with E-state index in [1.165, 1.54) is 17.0 Å². The van der Waals surface area contributed by atoms with Gasteiger partial charge in [-0.2, -0.15) is 13.2 Å². The van der Waals surface area contributed by atoms with Crippen LogP contribution in [0.1, 0.15) is 24.8 Å². The number of H-pyrrole nitrogens is 1. The molecule has 1 aromatic carbocycles. The molecule has 0 saturated carbocycles. The molecule has 3 rings (SSSR count). The van der Waals surface area contributed by atoms with Crippen molar-refractivity contribution < 1.29 is 17.6 Å². The van der Waals surface area contributed by atoms with Gasteiger partial charge in [0.25, 0.3) is 0 Å². The molecule has 0 atom stereocenters. The van der Waals surface area contributed by atoms with Gasteiger partial charge >= 0.3 is 6.18 Å². The first-order valence-electron chi connectivity index (χ1n) is 10.3. The molecule has 5 nitrogen and oxygen atoms in total. The molecule has 1 aromatic heterocycles. The first-order chi connectivity index (χ1) is 14.3. The molecule has 9 heteroatoms. The van der Waals surface area contributed by atoms with E-state index in [9.17, 15) is 17.6 Å². The monoisotopic (exact) mass is 427 g/mol. The van der Waals surface area contributed by atoms with Crippen molar-refractivity contribution in [3.8, 4) is 0 Å². The van der Waals surface area contributed by atoms with E-state index in [0.717, 1.165) is 48.7 Å². The highest BCUT2D eigenvalue weighted by molar-refractivity contribution is 5.83. The molecule has 0 spiro atoms. The number of guanidine groups is 1. The third-order valence-electron chi connectivity index (χ3n) is 5.59. The second-order valence-electron chi connectivity index (χ2n) is 7.80. The Balaban J connectivity index is 1.35. The lowest BCUT2D eigenvalue weighted by Gasteiger charge is -2.32. The van der Waals surface area contributed by atoms with E-state index in [0.29, 0.717) is 31.5 Å². The molecule has 0 radical (unpaired) electrons.